The first-order chi connectivity index (χ1) is 8.75. The molecule has 0 aliphatic carbocycles. The second-order valence-electron chi connectivity index (χ2n) is 3.86. The maximum Gasteiger partial charge on any atom is 0.254 e. The number of para-hydroxylation sites is 1. The number of amides is 1. The number of carbonyl (C=O) groups is 1. The topological polar surface area (TPSA) is 56.2 Å². The highest BCUT2D eigenvalue weighted by molar-refractivity contribution is 5.92. The van der Waals surface area contributed by atoms with Crippen molar-refractivity contribution in [2.75, 3.05) is 6.61 Å². The Hall–Kier alpha value is -2.36. The predicted octanol–water partition coefficient (Wildman–Crippen LogP) is 1.15. The van der Waals surface area contributed by atoms with Crippen LogP contribution in [0.15, 0.2) is 54.9 Å². The van der Waals surface area contributed by atoms with Crippen molar-refractivity contribution in [3.05, 3.63) is 60.4 Å². The van der Waals surface area contributed by atoms with Gasteiger partial charge in [-0.15, -0.1) is 0 Å². The molecule has 2 N–H and O–H groups in total. The van der Waals surface area contributed by atoms with Crippen molar-refractivity contribution in [2.24, 2.45) is 5.73 Å². The number of primary amides is 1. The molecule has 0 atom stereocenters. The lowest BCUT2D eigenvalue weighted by molar-refractivity contribution is -0.697. The van der Waals surface area contributed by atoms with E-state index in [0.717, 1.165) is 5.75 Å². The van der Waals surface area contributed by atoms with Gasteiger partial charge in [-0.1, -0.05) is 18.2 Å². The summed E-state index contributed by atoms with van der Waals surface area (Å²) in [7, 11) is 0. The molecule has 1 heterocycles. The normalized spacial score (nSPS) is 10.0. The largest absolute Gasteiger partial charge is 0.487 e. The van der Waals surface area contributed by atoms with Crippen LogP contribution in [0, 0.1) is 0 Å². The quantitative estimate of drug-likeness (QED) is 0.801. The minimum Gasteiger partial charge on any atom is -0.487 e. The van der Waals surface area contributed by atoms with Crippen molar-refractivity contribution < 1.29 is 14.1 Å². The van der Waals surface area contributed by atoms with Gasteiger partial charge in [-0.3, -0.25) is 4.79 Å². The molecule has 0 saturated carbocycles. The Balaban J connectivity index is 1.90. The molecule has 0 aliphatic heterocycles. The van der Waals surface area contributed by atoms with Crippen LogP contribution >= 0.6 is 0 Å². The number of rotatable bonds is 5. The second-order valence-corrected chi connectivity index (χ2v) is 3.86. The van der Waals surface area contributed by atoms with E-state index in [1.165, 1.54) is 0 Å². The fourth-order valence-corrected chi connectivity index (χ4v) is 1.59. The minimum absolute atomic E-state index is 0.423. The summed E-state index contributed by atoms with van der Waals surface area (Å²) in [5.74, 6) is 0.414. The molecule has 92 valence electrons. The highest BCUT2D eigenvalue weighted by atomic mass is 16.5. The van der Waals surface area contributed by atoms with Gasteiger partial charge < -0.3 is 10.5 Å². The van der Waals surface area contributed by atoms with E-state index in [1.807, 2.05) is 41.1 Å². The second kappa shape index (κ2) is 5.82. The van der Waals surface area contributed by atoms with E-state index >= 15 is 0 Å². The number of hydrogen-bond acceptors (Lipinski definition) is 2. The zero-order chi connectivity index (χ0) is 12.8. The Kier molecular flexibility index (Phi) is 3.91. The van der Waals surface area contributed by atoms with Crippen molar-refractivity contribution in [3.63, 3.8) is 0 Å². The number of nitrogens with two attached hydrogens (primary N) is 1. The summed E-state index contributed by atoms with van der Waals surface area (Å²) in [6.45, 7) is 1.20. The Morgan fingerprint density at radius 2 is 1.94 bits per heavy atom. The van der Waals surface area contributed by atoms with Crippen LogP contribution in [0.1, 0.15) is 10.4 Å². The third kappa shape index (κ3) is 3.31. The molecule has 0 saturated heterocycles. The first-order valence-electron chi connectivity index (χ1n) is 5.72. The van der Waals surface area contributed by atoms with Gasteiger partial charge in [0.15, 0.2) is 18.9 Å². The molecule has 1 aromatic carbocycles. The van der Waals surface area contributed by atoms with Crippen LogP contribution in [0.4, 0.5) is 0 Å². The van der Waals surface area contributed by atoms with Crippen LogP contribution in [-0.4, -0.2) is 12.5 Å². The van der Waals surface area contributed by atoms with Crippen molar-refractivity contribution in [3.8, 4) is 5.75 Å². The summed E-state index contributed by atoms with van der Waals surface area (Å²) in [6.07, 6.45) is 3.59. The molecule has 0 bridgehead atoms. The molecule has 0 aliphatic rings. The fourth-order valence-electron chi connectivity index (χ4n) is 1.59. The number of carbonyl (C=O) groups excluding carboxylic acids is 1. The molecule has 18 heavy (non-hydrogen) atoms. The van der Waals surface area contributed by atoms with Crippen molar-refractivity contribution in [1.82, 2.24) is 0 Å². The molecule has 1 aromatic heterocycles. The Morgan fingerprint density at radius 3 is 2.67 bits per heavy atom. The molecule has 1 amide bonds. The van der Waals surface area contributed by atoms with Gasteiger partial charge in [0.05, 0.1) is 0 Å². The third-order valence-electron chi connectivity index (χ3n) is 2.50. The molecule has 4 nitrogen and oxygen atoms in total. The van der Waals surface area contributed by atoms with E-state index in [-0.39, 0.29) is 0 Å². The van der Waals surface area contributed by atoms with Crippen LogP contribution < -0.4 is 15.0 Å². The Morgan fingerprint density at radius 1 is 1.17 bits per heavy atom. The summed E-state index contributed by atoms with van der Waals surface area (Å²) in [4.78, 5) is 11.0. The van der Waals surface area contributed by atoms with Gasteiger partial charge in [-0.2, -0.15) is 0 Å². The summed E-state index contributed by atoms with van der Waals surface area (Å²) in [5, 5.41) is 0. The number of hydrogen-bond donors (Lipinski definition) is 1. The number of benzene rings is 1. The van der Waals surface area contributed by atoms with Gasteiger partial charge >= 0.3 is 0 Å². The SMILES string of the molecule is NC(=O)c1ccc[n+](CCOc2ccccc2)c1. The molecular weight excluding hydrogens is 228 g/mol. The fraction of sp³-hybridized carbons (Fsp3) is 0.143. The third-order valence-corrected chi connectivity index (χ3v) is 2.50. The molecule has 0 unspecified atom stereocenters. The van der Waals surface area contributed by atoms with Crippen LogP contribution in [0.25, 0.3) is 0 Å². The van der Waals surface area contributed by atoms with Gasteiger partial charge in [-0.05, 0) is 18.2 Å². The van der Waals surface area contributed by atoms with Crippen molar-refractivity contribution in [2.45, 2.75) is 6.54 Å². The van der Waals surface area contributed by atoms with Gasteiger partial charge in [0.2, 0.25) is 0 Å². The average Bonchev–Trinajstić information content (AvgIpc) is 2.40. The van der Waals surface area contributed by atoms with E-state index < -0.39 is 5.91 Å². The number of ether oxygens (including phenoxy) is 1. The average molecular weight is 243 g/mol. The zero-order valence-corrected chi connectivity index (χ0v) is 9.95. The summed E-state index contributed by atoms with van der Waals surface area (Å²) in [6, 6.07) is 13.1. The first kappa shape index (κ1) is 12.1. The molecule has 2 rings (SSSR count). The standard InChI is InChI=1S/C14H14N2O2/c15-14(17)12-5-4-8-16(11-12)9-10-18-13-6-2-1-3-7-13/h1-8,11H,9-10H2,(H-,15,17)/p+1. The van der Waals surface area contributed by atoms with E-state index in [9.17, 15) is 4.79 Å². The minimum atomic E-state index is -0.423. The smallest absolute Gasteiger partial charge is 0.254 e. The monoisotopic (exact) mass is 243 g/mol. The van der Waals surface area contributed by atoms with E-state index in [0.29, 0.717) is 18.7 Å². The van der Waals surface area contributed by atoms with Gasteiger partial charge in [0.25, 0.3) is 5.91 Å². The van der Waals surface area contributed by atoms with Gasteiger partial charge in [-0.25, -0.2) is 4.57 Å². The number of aromatic nitrogens is 1. The van der Waals surface area contributed by atoms with Crippen molar-refractivity contribution >= 4 is 5.91 Å². The number of pyridine rings is 1. The summed E-state index contributed by atoms with van der Waals surface area (Å²) in [5.41, 5.74) is 5.72. The Labute approximate surface area is 106 Å². The maximum absolute atomic E-state index is 11.0. The van der Waals surface area contributed by atoms with E-state index in [2.05, 4.69) is 0 Å². The van der Waals surface area contributed by atoms with E-state index in [4.69, 9.17) is 10.5 Å². The summed E-state index contributed by atoms with van der Waals surface area (Å²) < 4.78 is 7.45. The highest BCUT2D eigenvalue weighted by Gasteiger charge is 2.06. The molecule has 4 heteroatoms. The van der Waals surface area contributed by atoms with Crippen LogP contribution in [-0.2, 0) is 6.54 Å². The maximum atomic E-state index is 11.0. The van der Waals surface area contributed by atoms with Gasteiger partial charge in [0, 0.05) is 6.07 Å². The zero-order valence-electron chi connectivity index (χ0n) is 9.95. The van der Waals surface area contributed by atoms with Crippen LogP contribution in [0.5, 0.6) is 5.75 Å². The predicted molar refractivity (Wildman–Crippen MR) is 67.1 cm³/mol. The van der Waals surface area contributed by atoms with E-state index in [1.54, 1.807) is 18.3 Å². The lowest BCUT2D eigenvalue weighted by atomic mass is 10.3. The number of nitrogens with zero attached hydrogens (tertiary/aromatic N) is 1. The molecular formula is C14H15N2O2+. The molecule has 0 radical (unpaired) electrons. The van der Waals surface area contributed by atoms with Crippen LogP contribution in [0.3, 0.4) is 0 Å². The highest BCUT2D eigenvalue weighted by Crippen LogP contribution is 2.07. The molecule has 0 fully saturated rings. The summed E-state index contributed by atoms with van der Waals surface area (Å²) >= 11 is 0. The van der Waals surface area contributed by atoms with Crippen LogP contribution in [0.2, 0.25) is 0 Å². The first-order valence-corrected chi connectivity index (χ1v) is 5.72. The molecule has 0 spiro atoms. The molecule has 2 aromatic rings. The lowest BCUT2D eigenvalue weighted by Gasteiger charge is -2.03. The van der Waals surface area contributed by atoms with Gasteiger partial charge in [0.1, 0.15) is 17.9 Å². The Bertz CT molecular complexity index is 526. The lowest BCUT2D eigenvalue weighted by Crippen LogP contribution is -2.37. The van der Waals surface area contributed by atoms with Crippen molar-refractivity contribution in [1.29, 1.82) is 0 Å².